The largest absolute Gasteiger partial charge is 0.235 e. The van der Waals surface area contributed by atoms with Gasteiger partial charge in [0.05, 0.1) is 10.2 Å². The second kappa shape index (κ2) is 8.43. The highest BCUT2D eigenvalue weighted by Crippen LogP contribution is 2.44. The van der Waals surface area contributed by atoms with Gasteiger partial charge in [0.15, 0.2) is 4.34 Å². The molecule has 4 rings (SSSR count). The van der Waals surface area contributed by atoms with Gasteiger partial charge >= 0.3 is 0 Å². The van der Waals surface area contributed by atoms with Crippen molar-refractivity contribution in [3.63, 3.8) is 0 Å². The van der Waals surface area contributed by atoms with Gasteiger partial charge < -0.3 is 0 Å². The summed E-state index contributed by atoms with van der Waals surface area (Å²) in [7, 11) is 3.89. The predicted octanol–water partition coefficient (Wildman–Crippen LogP) is 6.92. The van der Waals surface area contributed by atoms with E-state index in [1.54, 1.807) is 0 Å². The molecule has 24 heavy (non-hydrogen) atoms. The molecule has 2 nitrogen and oxygen atoms in total. The first-order valence-electron chi connectivity index (χ1n) is 9.39. The lowest BCUT2D eigenvalue weighted by molar-refractivity contribution is 0.186. The molecule has 1 heterocycles. The first-order chi connectivity index (χ1) is 11.9. The molecule has 0 aliphatic heterocycles. The average Bonchev–Trinajstić information content (AvgIpc) is 3.07. The van der Waals surface area contributed by atoms with Gasteiger partial charge in [0.1, 0.15) is 0 Å². The van der Waals surface area contributed by atoms with Crippen LogP contribution in [0.2, 0.25) is 0 Å². The Bertz CT molecular complexity index is 594. The highest BCUT2D eigenvalue weighted by molar-refractivity contribution is 8.76. The van der Waals surface area contributed by atoms with E-state index in [0.717, 1.165) is 17.6 Å². The second-order valence-corrected chi connectivity index (χ2v) is 10.4. The number of hydrogen-bond acceptors (Lipinski definition) is 5. The fraction of sp³-hybridized carbons (Fsp3) is 0.632. The molecule has 130 valence electrons. The standard InChI is InChI=1S/C19H26N2S3/c1-3-9-15(10-4-1)21(16-11-5-2-6-12-16)24-23-19-20-17-13-7-8-14-18(17)22-19/h7-8,13-16H,1-6,9-12H2. The van der Waals surface area contributed by atoms with E-state index in [1.807, 2.05) is 33.1 Å². The zero-order valence-electron chi connectivity index (χ0n) is 14.2. The summed E-state index contributed by atoms with van der Waals surface area (Å²) < 4.78 is 5.30. The quantitative estimate of drug-likeness (QED) is 0.414. The third kappa shape index (κ3) is 4.12. The fourth-order valence-corrected chi connectivity index (χ4v) is 7.98. The van der Waals surface area contributed by atoms with Gasteiger partial charge in [-0.3, -0.25) is 0 Å². The van der Waals surface area contributed by atoms with Crippen LogP contribution in [0.4, 0.5) is 0 Å². The number of para-hydroxylation sites is 1. The Hall–Kier alpha value is -0.230. The molecule has 1 aromatic carbocycles. The molecule has 2 fully saturated rings. The van der Waals surface area contributed by atoms with Crippen LogP contribution in [0.25, 0.3) is 10.2 Å². The Labute approximate surface area is 157 Å². The second-order valence-electron chi connectivity index (χ2n) is 7.05. The number of aromatic nitrogens is 1. The number of hydrogen-bond donors (Lipinski definition) is 0. The van der Waals surface area contributed by atoms with Crippen molar-refractivity contribution in [1.29, 1.82) is 0 Å². The van der Waals surface area contributed by atoms with Gasteiger partial charge in [-0.2, -0.15) is 0 Å². The summed E-state index contributed by atoms with van der Waals surface area (Å²) in [5.41, 5.74) is 1.15. The summed E-state index contributed by atoms with van der Waals surface area (Å²) in [5.74, 6) is 0. The Morgan fingerprint density at radius 2 is 1.50 bits per heavy atom. The van der Waals surface area contributed by atoms with E-state index >= 15 is 0 Å². The van der Waals surface area contributed by atoms with Crippen molar-refractivity contribution >= 4 is 43.3 Å². The topological polar surface area (TPSA) is 16.1 Å². The molecule has 0 N–H and O–H groups in total. The zero-order chi connectivity index (χ0) is 16.2. The van der Waals surface area contributed by atoms with Crippen molar-refractivity contribution in [1.82, 2.24) is 9.29 Å². The molecule has 2 aliphatic carbocycles. The van der Waals surface area contributed by atoms with Gasteiger partial charge in [0.2, 0.25) is 0 Å². The van der Waals surface area contributed by atoms with Crippen molar-refractivity contribution in [3.05, 3.63) is 24.3 Å². The maximum absolute atomic E-state index is 4.81. The third-order valence-corrected chi connectivity index (χ3v) is 9.28. The van der Waals surface area contributed by atoms with Crippen LogP contribution < -0.4 is 0 Å². The predicted molar refractivity (Wildman–Crippen MR) is 109 cm³/mol. The minimum absolute atomic E-state index is 0.786. The van der Waals surface area contributed by atoms with E-state index in [-0.39, 0.29) is 0 Å². The molecule has 0 amide bonds. The number of nitrogens with zero attached hydrogens (tertiary/aromatic N) is 2. The number of thiazole rings is 1. The van der Waals surface area contributed by atoms with Crippen LogP contribution >= 0.6 is 33.1 Å². The van der Waals surface area contributed by atoms with Gasteiger partial charge in [-0.1, -0.05) is 50.7 Å². The summed E-state index contributed by atoms with van der Waals surface area (Å²) in [6.07, 6.45) is 14.1. The van der Waals surface area contributed by atoms with Crippen molar-refractivity contribution in [2.75, 3.05) is 0 Å². The fourth-order valence-electron chi connectivity index (χ4n) is 4.05. The van der Waals surface area contributed by atoms with E-state index in [4.69, 9.17) is 4.98 Å². The van der Waals surface area contributed by atoms with Crippen LogP contribution in [0.5, 0.6) is 0 Å². The SMILES string of the molecule is c1ccc2sc(SSN(C3CCCCC3)C3CCCCC3)nc2c1. The molecule has 0 unspecified atom stereocenters. The van der Waals surface area contributed by atoms with Crippen LogP contribution in [0.3, 0.4) is 0 Å². The maximum Gasteiger partial charge on any atom is 0.162 e. The van der Waals surface area contributed by atoms with E-state index in [2.05, 4.69) is 28.6 Å². The molecular weight excluding hydrogens is 352 g/mol. The smallest absolute Gasteiger partial charge is 0.162 e. The number of fused-ring (bicyclic) bond motifs is 1. The molecule has 2 aromatic rings. The van der Waals surface area contributed by atoms with Crippen LogP contribution in [-0.2, 0) is 0 Å². The highest BCUT2D eigenvalue weighted by Gasteiger charge is 2.30. The lowest BCUT2D eigenvalue weighted by Crippen LogP contribution is -2.40. The average molecular weight is 379 g/mol. The lowest BCUT2D eigenvalue weighted by Gasteiger charge is -2.39. The summed E-state index contributed by atoms with van der Waals surface area (Å²) in [5, 5.41) is 0. The molecular formula is C19H26N2S3. The summed E-state index contributed by atoms with van der Waals surface area (Å²) in [4.78, 5) is 4.81. The van der Waals surface area contributed by atoms with Crippen LogP contribution in [-0.4, -0.2) is 21.4 Å². The minimum atomic E-state index is 0.786. The summed E-state index contributed by atoms with van der Waals surface area (Å²) in [6.45, 7) is 0. The minimum Gasteiger partial charge on any atom is -0.235 e. The maximum atomic E-state index is 4.81. The Balaban J connectivity index is 1.45. The Kier molecular flexibility index (Phi) is 6.04. The van der Waals surface area contributed by atoms with Gasteiger partial charge in [-0.05, 0) is 59.6 Å². The molecule has 0 bridgehead atoms. The number of benzene rings is 1. The molecule has 2 saturated carbocycles. The van der Waals surface area contributed by atoms with E-state index in [9.17, 15) is 0 Å². The Morgan fingerprint density at radius 3 is 2.12 bits per heavy atom. The van der Waals surface area contributed by atoms with Gasteiger partial charge in [0, 0.05) is 12.1 Å². The van der Waals surface area contributed by atoms with Crippen LogP contribution in [0.1, 0.15) is 64.2 Å². The molecule has 1 aromatic heterocycles. The van der Waals surface area contributed by atoms with Gasteiger partial charge in [-0.25, -0.2) is 9.29 Å². The van der Waals surface area contributed by atoms with E-state index in [0.29, 0.717) is 0 Å². The summed E-state index contributed by atoms with van der Waals surface area (Å²) >= 11 is 1.84. The van der Waals surface area contributed by atoms with E-state index in [1.165, 1.54) is 73.2 Å². The highest BCUT2D eigenvalue weighted by atomic mass is 33.1. The van der Waals surface area contributed by atoms with Crippen LogP contribution in [0.15, 0.2) is 28.6 Å². The summed E-state index contributed by atoms with van der Waals surface area (Å²) in [6, 6.07) is 10.1. The third-order valence-electron chi connectivity index (χ3n) is 5.34. The molecule has 2 aliphatic rings. The molecule has 5 heteroatoms. The van der Waals surface area contributed by atoms with Crippen LogP contribution in [0, 0.1) is 0 Å². The monoisotopic (exact) mass is 378 g/mol. The van der Waals surface area contributed by atoms with Gasteiger partial charge in [-0.15, -0.1) is 11.3 Å². The molecule has 0 radical (unpaired) electrons. The van der Waals surface area contributed by atoms with Crippen molar-refractivity contribution in [3.8, 4) is 0 Å². The van der Waals surface area contributed by atoms with Crippen molar-refractivity contribution < 1.29 is 0 Å². The lowest BCUT2D eigenvalue weighted by atomic mass is 9.91. The Morgan fingerprint density at radius 1 is 0.875 bits per heavy atom. The zero-order valence-corrected chi connectivity index (χ0v) is 16.6. The normalized spacial score (nSPS) is 20.9. The molecule has 0 saturated heterocycles. The first kappa shape index (κ1) is 17.2. The molecule has 0 atom stereocenters. The van der Waals surface area contributed by atoms with Crippen molar-refractivity contribution in [2.24, 2.45) is 0 Å². The molecule has 0 spiro atoms. The number of rotatable bonds is 5. The first-order valence-corrected chi connectivity index (χ1v) is 12.3. The van der Waals surface area contributed by atoms with Gasteiger partial charge in [0.25, 0.3) is 0 Å². The van der Waals surface area contributed by atoms with E-state index < -0.39 is 0 Å². The van der Waals surface area contributed by atoms with Crippen molar-refractivity contribution in [2.45, 2.75) is 80.6 Å².